The maximum atomic E-state index is 12.0. The molecule has 1 aromatic heterocycles. The normalized spacial score (nSPS) is 16.8. The van der Waals surface area contributed by atoms with E-state index in [1.165, 1.54) is 11.8 Å². The first-order valence-electron chi connectivity index (χ1n) is 8.40. The lowest BCUT2D eigenvalue weighted by molar-refractivity contribution is -0.119. The minimum Gasteiger partial charge on any atom is -0.376 e. The number of fused-ring (bicyclic) bond motifs is 1. The van der Waals surface area contributed by atoms with Gasteiger partial charge >= 0.3 is 0 Å². The fourth-order valence-corrected chi connectivity index (χ4v) is 3.83. The van der Waals surface area contributed by atoms with E-state index in [0.717, 1.165) is 41.5 Å². The second-order valence-corrected chi connectivity index (χ2v) is 7.30. The summed E-state index contributed by atoms with van der Waals surface area (Å²) >= 11 is 1.30. The van der Waals surface area contributed by atoms with Gasteiger partial charge in [0.2, 0.25) is 5.91 Å². The third kappa shape index (κ3) is 4.30. The number of nitrogens with zero attached hydrogens (tertiary/aromatic N) is 2. The Balaban J connectivity index is 1.69. The zero-order valence-electron chi connectivity index (χ0n) is 14.5. The number of thioether (sulfide) groups is 1. The van der Waals surface area contributed by atoms with Crippen molar-refractivity contribution in [3.63, 3.8) is 0 Å². The number of amides is 1. The van der Waals surface area contributed by atoms with Crippen LogP contribution in [0.3, 0.4) is 0 Å². The molecule has 0 bridgehead atoms. The third-order valence-corrected chi connectivity index (χ3v) is 5.22. The van der Waals surface area contributed by atoms with Crippen molar-refractivity contribution in [1.29, 1.82) is 5.26 Å². The molecule has 2 heterocycles. The molecule has 1 saturated heterocycles. The molecular weight excluding hydrogens is 334 g/mol. The summed E-state index contributed by atoms with van der Waals surface area (Å²) < 4.78 is 5.50. The van der Waals surface area contributed by atoms with Gasteiger partial charge in [-0.3, -0.25) is 4.79 Å². The largest absolute Gasteiger partial charge is 0.376 e. The van der Waals surface area contributed by atoms with Crippen molar-refractivity contribution in [1.82, 2.24) is 10.3 Å². The number of nitrogens with one attached hydrogen (secondary N) is 1. The van der Waals surface area contributed by atoms with Gasteiger partial charge in [-0.25, -0.2) is 4.98 Å². The van der Waals surface area contributed by atoms with Crippen molar-refractivity contribution in [2.45, 2.75) is 37.8 Å². The van der Waals surface area contributed by atoms with Gasteiger partial charge in [-0.1, -0.05) is 23.4 Å². The summed E-state index contributed by atoms with van der Waals surface area (Å²) in [4.78, 5) is 16.7. The van der Waals surface area contributed by atoms with E-state index in [9.17, 15) is 10.1 Å². The topological polar surface area (TPSA) is 75.0 Å². The number of aromatic nitrogens is 1. The second kappa shape index (κ2) is 7.85. The van der Waals surface area contributed by atoms with Crippen LogP contribution in [-0.4, -0.2) is 35.9 Å². The summed E-state index contributed by atoms with van der Waals surface area (Å²) in [6, 6.07) is 8.15. The molecule has 1 aliphatic rings. The summed E-state index contributed by atoms with van der Waals surface area (Å²) in [5.74, 6) is 0.178. The van der Waals surface area contributed by atoms with E-state index in [4.69, 9.17) is 4.74 Å². The van der Waals surface area contributed by atoms with Crippen molar-refractivity contribution in [2.24, 2.45) is 0 Å². The SMILES string of the molecule is Cc1cc(C)c2nc(SCC(=O)NC[C@H]3CCCO3)c(C#N)cc2c1. The fraction of sp³-hybridized carbons (Fsp3) is 0.421. The van der Waals surface area contributed by atoms with Gasteiger partial charge in [0.15, 0.2) is 0 Å². The van der Waals surface area contributed by atoms with Crippen LogP contribution >= 0.6 is 11.8 Å². The number of carbonyl (C=O) groups is 1. The quantitative estimate of drug-likeness (QED) is 0.834. The number of hydrogen-bond donors (Lipinski definition) is 1. The van der Waals surface area contributed by atoms with Gasteiger partial charge in [0.25, 0.3) is 0 Å². The number of hydrogen-bond acceptors (Lipinski definition) is 5. The van der Waals surface area contributed by atoms with Gasteiger partial charge in [-0.2, -0.15) is 5.26 Å². The molecule has 1 N–H and O–H groups in total. The van der Waals surface area contributed by atoms with E-state index in [2.05, 4.69) is 22.4 Å². The third-order valence-electron chi connectivity index (χ3n) is 4.23. The highest BCUT2D eigenvalue weighted by Gasteiger charge is 2.17. The van der Waals surface area contributed by atoms with E-state index in [1.807, 2.05) is 26.0 Å². The van der Waals surface area contributed by atoms with Crippen LogP contribution in [0.25, 0.3) is 10.9 Å². The second-order valence-electron chi connectivity index (χ2n) is 6.33. The van der Waals surface area contributed by atoms with E-state index in [1.54, 1.807) is 0 Å². The summed E-state index contributed by atoms with van der Waals surface area (Å²) in [6.45, 7) is 5.37. The molecule has 0 saturated carbocycles. The molecule has 1 aromatic carbocycles. The van der Waals surface area contributed by atoms with Crippen LogP contribution < -0.4 is 5.32 Å². The predicted octanol–water partition coefficient (Wildman–Crippen LogP) is 3.11. The van der Waals surface area contributed by atoms with Crippen molar-refractivity contribution < 1.29 is 9.53 Å². The Morgan fingerprint density at radius 2 is 2.28 bits per heavy atom. The maximum absolute atomic E-state index is 12.0. The molecule has 1 atom stereocenters. The van der Waals surface area contributed by atoms with Crippen LogP contribution in [0.1, 0.15) is 29.5 Å². The van der Waals surface area contributed by atoms with E-state index in [0.29, 0.717) is 17.1 Å². The van der Waals surface area contributed by atoms with Gasteiger partial charge in [0.05, 0.1) is 22.9 Å². The number of rotatable bonds is 5. The van der Waals surface area contributed by atoms with E-state index >= 15 is 0 Å². The van der Waals surface area contributed by atoms with Gasteiger partial charge < -0.3 is 10.1 Å². The molecule has 6 heteroatoms. The zero-order chi connectivity index (χ0) is 17.8. The first-order valence-corrected chi connectivity index (χ1v) is 9.38. The summed E-state index contributed by atoms with van der Waals surface area (Å²) in [5.41, 5.74) is 3.61. The van der Waals surface area contributed by atoms with Crippen LogP contribution in [0.5, 0.6) is 0 Å². The van der Waals surface area contributed by atoms with Gasteiger partial charge in [-0.05, 0) is 44.4 Å². The molecule has 1 amide bonds. The van der Waals surface area contributed by atoms with Crippen LogP contribution in [-0.2, 0) is 9.53 Å². The standard InChI is InChI=1S/C19H21N3O2S/c1-12-6-13(2)18-14(7-12)8-15(9-20)19(22-18)25-11-17(23)21-10-16-4-3-5-24-16/h6-8,16H,3-5,10-11H2,1-2H3,(H,21,23)/t16-/m1/s1. The van der Waals surface area contributed by atoms with Crippen LogP contribution in [0.15, 0.2) is 23.2 Å². The highest BCUT2D eigenvalue weighted by molar-refractivity contribution is 8.00. The minimum absolute atomic E-state index is 0.0630. The Hall–Kier alpha value is -2.10. The number of nitriles is 1. The van der Waals surface area contributed by atoms with E-state index < -0.39 is 0 Å². The Morgan fingerprint density at radius 1 is 1.44 bits per heavy atom. The Bertz CT molecular complexity index is 839. The highest BCUT2D eigenvalue weighted by atomic mass is 32.2. The Kier molecular flexibility index (Phi) is 5.57. The molecule has 3 rings (SSSR count). The molecule has 25 heavy (non-hydrogen) atoms. The van der Waals surface area contributed by atoms with Crippen LogP contribution in [0.4, 0.5) is 0 Å². The molecule has 0 radical (unpaired) electrons. The van der Waals surface area contributed by atoms with Crippen LogP contribution in [0, 0.1) is 25.2 Å². The summed E-state index contributed by atoms with van der Waals surface area (Å²) in [5, 5.41) is 13.9. The first-order chi connectivity index (χ1) is 12.1. The van der Waals surface area contributed by atoms with Gasteiger partial charge in [0.1, 0.15) is 11.1 Å². The average molecular weight is 355 g/mol. The maximum Gasteiger partial charge on any atom is 0.230 e. The lowest BCUT2D eigenvalue weighted by Crippen LogP contribution is -2.32. The number of pyridine rings is 1. The summed E-state index contributed by atoms with van der Waals surface area (Å²) in [6.07, 6.45) is 2.19. The zero-order valence-corrected chi connectivity index (χ0v) is 15.3. The summed E-state index contributed by atoms with van der Waals surface area (Å²) in [7, 11) is 0. The molecule has 2 aromatic rings. The van der Waals surface area contributed by atoms with Crippen molar-refractivity contribution in [3.8, 4) is 6.07 Å². The van der Waals surface area contributed by atoms with E-state index in [-0.39, 0.29) is 17.8 Å². The molecule has 1 fully saturated rings. The number of benzene rings is 1. The molecule has 0 unspecified atom stereocenters. The Morgan fingerprint density at radius 3 is 3.00 bits per heavy atom. The lowest BCUT2D eigenvalue weighted by atomic mass is 10.1. The minimum atomic E-state index is -0.0630. The lowest BCUT2D eigenvalue weighted by Gasteiger charge is -2.11. The van der Waals surface area contributed by atoms with Gasteiger partial charge in [-0.15, -0.1) is 0 Å². The van der Waals surface area contributed by atoms with Crippen molar-refractivity contribution in [2.75, 3.05) is 18.9 Å². The number of carbonyl (C=O) groups excluding carboxylic acids is 1. The van der Waals surface area contributed by atoms with Crippen molar-refractivity contribution in [3.05, 3.63) is 34.9 Å². The first kappa shape index (κ1) is 17.7. The number of ether oxygens (including phenoxy) is 1. The fourth-order valence-electron chi connectivity index (χ4n) is 3.04. The number of aryl methyl sites for hydroxylation is 2. The Labute approximate surface area is 151 Å². The monoisotopic (exact) mass is 355 g/mol. The average Bonchev–Trinajstić information content (AvgIpc) is 3.11. The molecule has 0 spiro atoms. The predicted molar refractivity (Wildman–Crippen MR) is 98.6 cm³/mol. The molecule has 1 aliphatic heterocycles. The van der Waals surface area contributed by atoms with Gasteiger partial charge in [0, 0.05) is 18.5 Å². The smallest absolute Gasteiger partial charge is 0.230 e. The molecule has 0 aliphatic carbocycles. The molecule has 130 valence electrons. The molecular formula is C19H21N3O2S. The van der Waals surface area contributed by atoms with Crippen molar-refractivity contribution >= 4 is 28.6 Å². The molecule has 5 nitrogen and oxygen atoms in total. The highest BCUT2D eigenvalue weighted by Crippen LogP contribution is 2.27. The van der Waals surface area contributed by atoms with Crippen LogP contribution in [0.2, 0.25) is 0 Å².